The average Bonchev–Trinajstić information content (AvgIpc) is 2.74. The summed E-state index contributed by atoms with van der Waals surface area (Å²) in [6.07, 6.45) is 3.45. The Labute approximate surface area is 164 Å². The average molecular weight is 382 g/mol. The van der Waals surface area contributed by atoms with Gasteiger partial charge in [-0.3, -0.25) is 14.3 Å². The molecule has 5 nitrogen and oxygen atoms in total. The van der Waals surface area contributed by atoms with Crippen molar-refractivity contribution in [3.8, 4) is 16.8 Å². The second kappa shape index (κ2) is 6.53. The highest BCUT2D eigenvalue weighted by molar-refractivity contribution is 6.05. The first-order chi connectivity index (χ1) is 14.1. The third-order valence-corrected chi connectivity index (χ3v) is 4.92. The molecule has 0 fully saturated rings. The summed E-state index contributed by atoms with van der Waals surface area (Å²) in [5.74, 6) is 0.0958. The van der Waals surface area contributed by atoms with Gasteiger partial charge in [-0.15, -0.1) is 0 Å². The van der Waals surface area contributed by atoms with Crippen molar-refractivity contribution in [2.45, 2.75) is 0 Å². The number of hydrogen-bond donors (Lipinski definition) is 1. The number of hydrogen-bond acceptors (Lipinski definition) is 4. The fourth-order valence-corrected chi connectivity index (χ4v) is 3.51. The van der Waals surface area contributed by atoms with Gasteiger partial charge in [0.1, 0.15) is 11.6 Å². The van der Waals surface area contributed by atoms with Crippen LogP contribution in [0.2, 0.25) is 0 Å². The summed E-state index contributed by atoms with van der Waals surface area (Å²) in [6, 6.07) is 18.6. The van der Waals surface area contributed by atoms with E-state index in [1.807, 2.05) is 24.3 Å². The highest BCUT2D eigenvalue weighted by atomic mass is 19.1. The van der Waals surface area contributed by atoms with Gasteiger partial charge in [-0.05, 0) is 60.2 Å². The molecule has 5 rings (SSSR count). The lowest BCUT2D eigenvalue weighted by molar-refractivity contribution is 0.627. The molecule has 0 spiro atoms. The molecule has 2 aromatic carbocycles. The van der Waals surface area contributed by atoms with Crippen molar-refractivity contribution in [1.29, 1.82) is 0 Å². The Morgan fingerprint density at radius 2 is 1.62 bits per heavy atom. The first-order valence-corrected chi connectivity index (χ1v) is 9.02. The quantitative estimate of drug-likeness (QED) is 0.462. The van der Waals surface area contributed by atoms with E-state index >= 15 is 0 Å². The first-order valence-electron chi connectivity index (χ1n) is 9.02. The molecule has 0 saturated heterocycles. The molecule has 0 radical (unpaired) electrons. The lowest BCUT2D eigenvalue weighted by Crippen LogP contribution is -2.17. The van der Waals surface area contributed by atoms with Crippen LogP contribution in [0.4, 0.5) is 10.2 Å². The Morgan fingerprint density at radius 3 is 2.38 bits per heavy atom. The summed E-state index contributed by atoms with van der Waals surface area (Å²) < 4.78 is 15.0. The van der Waals surface area contributed by atoms with E-state index in [4.69, 9.17) is 5.73 Å². The third-order valence-electron chi connectivity index (χ3n) is 4.92. The fraction of sp³-hybridized carbons (Fsp3) is 0. The van der Waals surface area contributed by atoms with Gasteiger partial charge in [0.25, 0.3) is 5.56 Å². The van der Waals surface area contributed by atoms with Gasteiger partial charge in [-0.2, -0.15) is 0 Å². The molecule has 0 aliphatic carbocycles. The number of fused-ring (bicyclic) bond motifs is 3. The number of anilines is 1. The second-order valence-electron chi connectivity index (χ2n) is 6.75. The zero-order valence-corrected chi connectivity index (χ0v) is 15.2. The van der Waals surface area contributed by atoms with Crippen LogP contribution in [0.15, 0.2) is 83.9 Å². The predicted octanol–water partition coefficient (Wildman–Crippen LogP) is 4.32. The normalized spacial score (nSPS) is 11.2. The van der Waals surface area contributed by atoms with E-state index in [0.717, 1.165) is 32.9 Å². The number of nitrogen functional groups attached to an aromatic ring is 1. The molecule has 0 atom stereocenters. The third kappa shape index (κ3) is 2.91. The van der Waals surface area contributed by atoms with Crippen molar-refractivity contribution in [2.24, 2.45) is 0 Å². The number of halogens is 1. The maximum atomic E-state index is 13.4. The van der Waals surface area contributed by atoms with Crippen LogP contribution in [-0.2, 0) is 0 Å². The summed E-state index contributed by atoms with van der Waals surface area (Å²) in [6.45, 7) is 0. The van der Waals surface area contributed by atoms with Crippen LogP contribution in [0.3, 0.4) is 0 Å². The van der Waals surface area contributed by atoms with Crippen LogP contribution >= 0.6 is 0 Å². The fourth-order valence-electron chi connectivity index (χ4n) is 3.51. The molecule has 2 N–H and O–H groups in total. The molecule has 5 aromatic rings. The van der Waals surface area contributed by atoms with Gasteiger partial charge in [0.2, 0.25) is 0 Å². The number of nitrogens with two attached hydrogens (primary N) is 1. The Morgan fingerprint density at radius 1 is 0.828 bits per heavy atom. The molecule has 0 aliphatic heterocycles. The molecule has 0 aliphatic rings. The maximum absolute atomic E-state index is 13.4. The molecule has 29 heavy (non-hydrogen) atoms. The van der Waals surface area contributed by atoms with Gasteiger partial charge in [-0.25, -0.2) is 9.37 Å². The second-order valence-corrected chi connectivity index (χ2v) is 6.75. The number of benzene rings is 2. The molecular weight excluding hydrogens is 367 g/mol. The minimum Gasteiger partial charge on any atom is -0.384 e. The highest BCUT2D eigenvalue weighted by Gasteiger charge is 2.12. The van der Waals surface area contributed by atoms with Crippen LogP contribution in [0, 0.1) is 5.82 Å². The van der Waals surface area contributed by atoms with Gasteiger partial charge in [0, 0.05) is 40.5 Å². The lowest BCUT2D eigenvalue weighted by Gasteiger charge is -2.13. The van der Waals surface area contributed by atoms with Crippen molar-refractivity contribution in [1.82, 2.24) is 14.5 Å². The minimum absolute atomic E-state index is 0.198. The van der Waals surface area contributed by atoms with Crippen LogP contribution < -0.4 is 11.3 Å². The van der Waals surface area contributed by atoms with Crippen molar-refractivity contribution >= 4 is 27.6 Å². The summed E-state index contributed by atoms with van der Waals surface area (Å²) in [5, 5.41) is 1.63. The molecule has 0 saturated carbocycles. The largest absolute Gasteiger partial charge is 0.384 e. The predicted molar refractivity (Wildman–Crippen MR) is 112 cm³/mol. The van der Waals surface area contributed by atoms with E-state index in [2.05, 4.69) is 9.97 Å². The van der Waals surface area contributed by atoms with Crippen LogP contribution in [0.25, 0.3) is 38.6 Å². The molecule has 3 heterocycles. The number of nitrogens with zero attached hydrogens (tertiary/aromatic N) is 3. The molecule has 0 amide bonds. The topological polar surface area (TPSA) is 73.8 Å². The number of aromatic nitrogens is 3. The molecule has 6 heteroatoms. The van der Waals surface area contributed by atoms with Gasteiger partial charge in [0.05, 0.1) is 11.0 Å². The van der Waals surface area contributed by atoms with Crippen LogP contribution in [0.1, 0.15) is 0 Å². The van der Waals surface area contributed by atoms with Gasteiger partial charge >= 0.3 is 0 Å². The molecule has 3 aromatic heterocycles. The van der Waals surface area contributed by atoms with Crippen molar-refractivity contribution in [2.75, 3.05) is 5.73 Å². The number of rotatable bonds is 2. The zero-order valence-electron chi connectivity index (χ0n) is 15.2. The Hall–Kier alpha value is -4.06. The zero-order chi connectivity index (χ0) is 20.0. The SMILES string of the molecule is Nc1ccc(-c2ccc3ncc4ccc(=O)n(-c5ccc(F)cc5)c4c3c2)cn1. The molecule has 140 valence electrons. The van der Waals surface area contributed by atoms with Crippen molar-refractivity contribution in [3.05, 3.63) is 95.3 Å². The van der Waals surface area contributed by atoms with Crippen LogP contribution in [-0.4, -0.2) is 14.5 Å². The van der Waals surface area contributed by atoms with Crippen LogP contribution in [0.5, 0.6) is 0 Å². The van der Waals surface area contributed by atoms with E-state index in [9.17, 15) is 9.18 Å². The first kappa shape index (κ1) is 17.1. The Kier molecular flexibility index (Phi) is 3.84. The highest BCUT2D eigenvalue weighted by Crippen LogP contribution is 2.29. The summed E-state index contributed by atoms with van der Waals surface area (Å²) in [5.41, 5.74) is 9.41. The van der Waals surface area contributed by atoms with Crippen molar-refractivity contribution < 1.29 is 4.39 Å². The molecule has 0 unspecified atom stereocenters. The summed E-state index contributed by atoms with van der Waals surface area (Å²) in [7, 11) is 0. The minimum atomic E-state index is -0.355. The maximum Gasteiger partial charge on any atom is 0.255 e. The van der Waals surface area contributed by atoms with Gasteiger partial charge < -0.3 is 5.73 Å². The van der Waals surface area contributed by atoms with Crippen molar-refractivity contribution in [3.63, 3.8) is 0 Å². The Bertz CT molecular complexity index is 1420. The monoisotopic (exact) mass is 382 g/mol. The summed E-state index contributed by atoms with van der Waals surface area (Å²) in [4.78, 5) is 21.5. The van der Waals surface area contributed by atoms with Gasteiger partial charge in [0.15, 0.2) is 0 Å². The van der Waals surface area contributed by atoms with E-state index in [0.29, 0.717) is 11.5 Å². The summed E-state index contributed by atoms with van der Waals surface area (Å²) >= 11 is 0. The molecular formula is C23H15FN4O. The van der Waals surface area contributed by atoms with E-state index in [-0.39, 0.29) is 11.4 Å². The van der Waals surface area contributed by atoms with E-state index in [1.54, 1.807) is 41.2 Å². The van der Waals surface area contributed by atoms with E-state index in [1.165, 1.54) is 18.2 Å². The molecule has 0 bridgehead atoms. The van der Waals surface area contributed by atoms with Gasteiger partial charge in [-0.1, -0.05) is 6.07 Å². The Balaban J connectivity index is 1.86. The van der Waals surface area contributed by atoms with E-state index < -0.39 is 0 Å². The standard InChI is InChI=1S/C23H15FN4O/c24-17-4-6-18(7-5-17)28-22(29)10-3-16-13-26-20-8-1-14(11-19(20)23(16)28)15-2-9-21(25)27-12-15/h1-13H,(H2,25,27). The number of pyridine rings is 3. The lowest BCUT2D eigenvalue weighted by atomic mass is 10.0. The smallest absolute Gasteiger partial charge is 0.255 e.